The Labute approximate surface area is 177 Å². The number of alkyl halides is 3. The lowest BCUT2D eigenvalue weighted by molar-refractivity contribution is -0.137. The molecular formula is C20H20F3N3O4S. The molecule has 0 saturated carbocycles. The maximum Gasteiger partial charge on any atom is 0.416 e. The van der Waals surface area contributed by atoms with Crippen LogP contribution in [0, 0.1) is 5.92 Å². The molecule has 1 atom stereocenters. The Hall–Kier alpha value is -3.08. The monoisotopic (exact) mass is 455 g/mol. The smallest absolute Gasteiger partial charge is 0.338 e. The standard InChI is InChI=1S/C20H20F3N3O4S/c1-31(29,30)25-17-7-5-16(6-8-17)24-19(28)14-10-18(27)26(12-14)11-13-3-2-4-15(9-13)20(21,22)23/h2-9,14,25H,10-12H2,1H3,(H,24,28). The molecule has 3 rings (SSSR count). The second-order valence-electron chi connectivity index (χ2n) is 7.31. The van der Waals surface area contributed by atoms with Crippen LogP contribution in [0.25, 0.3) is 0 Å². The fraction of sp³-hybridized carbons (Fsp3) is 0.300. The maximum absolute atomic E-state index is 12.9. The van der Waals surface area contributed by atoms with Crippen molar-refractivity contribution in [2.75, 3.05) is 22.8 Å². The molecule has 0 aromatic heterocycles. The maximum atomic E-state index is 12.9. The Bertz CT molecular complexity index is 1090. The third kappa shape index (κ3) is 6.20. The average Bonchev–Trinajstić information content (AvgIpc) is 3.02. The molecular weight excluding hydrogens is 435 g/mol. The van der Waals surface area contributed by atoms with E-state index in [0.29, 0.717) is 16.9 Å². The average molecular weight is 455 g/mol. The molecule has 1 aliphatic rings. The van der Waals surface area contributed by atoms with E-state index in [9.17, 15) is 31.2 Å². The van der Waals surface area contributed by atoms with E-state index in [-0.39, 0.29) is 25.4 Å². The molecule has 0 bridgehead atoms. The molecule has 31 heavy (non-hydrogen) atoms. The van der Waals surface area contributed by atoms with E-state index in [0.717, 1.165) is 18.4 Å². The number of nitrogens with zero attached hydrogens (tertiary/aromatic N) is 1. The second kappa shape index (κ2) is 8.58. The van der Waals surface area contributed by atoms with Gasteiger partial charge in [-0.3, -0.25) is 14.3 Å². The van der Waals surface area contributed by atoms with Gasteiger partial charge in [0.15, 0.2) is 0 Å². The van der Waals surface area contributed by atoms with Crippen molar-refractivity contribution in [2.45, 2.75) is 19.1 Å². The quantitative estimate of drug-likeness (QED) is 0.700. The second-order valence-corrected chi connectivity index (χ2v) is 9.06. The predicted octanol–water partition coefficient (Wildman–Crippen LogP) is 3.06. The van der Waals surface area contributed by atoms with Crippen molar-refractivity contribution < 1.29 is 31.2 Å². The number of nitrogens with one attached hydrogen (secondary N) is 2. The van der Waals surface area contributed by atoms with Crippen LogP contribution in [0.3, 0.4) is 0 Å². The van der Waals surface area contributed by atoms with Gasteiger partial charge in [-0.25, -0.2) is 8.42 Å². The van der Waals surface area contributed by atoms with Gasteiger partial charge in [-0.1, -0.05) is 12.1 Å². The van der Waals surface area contributed by atoms with Crippen LogP contribution in [0.5, 0.6) is 0 Å². The van der Waals surface area contributed by atoms with Gasteiger partial charge in [0.05, 0.1) is 17.7 Å². The number of hydrogen-bond acceptors (Lipinski definition) is 4. The number of hydrogen-bond donors (Lipinski definition) is 2. The zero-order valence-corrected chi connectivity index (χ0v) is 17.3. The molecule has 2 aromatic carbocycles. The highest BCUT2D eigenvalue weighted by Gasteiger charge is 2.35. The summed E-state index contributed by atoms with van der Waals surface area (Å²) in [6.45, 7) is 0.0764. The van der Waals surface area contributed by atoms with Gasteiger partial charge in [-0.15, -0.1) is 0 Å². The molecule has 11 heteroatoms. The largest absolute Gasteiger partial charge is 0.416 e. The van der Waals surface area contributed by atoms with Crippen molar-refractivity contribution in [2.24, 2.45) is 5.92 Å². The highest BCUT2D eigenvalue weighted by Crippen LogP contribution is 2.30. The Morgan fingerprint density at radius 2 is 1.77 bits per heavy atom. The van der Waals surface area contributed by atoms with Gasteiger partial charge in [0.1, 0.15) is 0 Å². The third-order valence-corrected chi connectivity index (χ3v) is 5.28. The van der Waals surface area contributed by atoms with E-state index in [1.165, 1.54) is 41.3 Å². The first-order valence-corrected chi connectivity index (χ1v) is 11.1. The van der Waals surface area contributed by atoms with Crippen LogP contribution in [-0.4, -0.2) is 37.9 Å². The summed E-state index contributed by atoms with van der Waals surface area (Å²) in [7, 11) is -3.42. The van der Waals surface area contributed by atoms with Gasteiger partial charge in [-0.05, 0) is 42.0 Å². The van der Waals surface area contributed by atoms with Crippen molar-refractivity contribution in [3.63, 3.8) is 0 Å². The van der Waals surface area contributed by atoms with Crippen LogP contribution in [0.1, 0.15) is 17.5 Å². The van der Waals surface area contributed by atoms with E-state index in [1.807, 2.05) is 0 Å². The van der Waals surface area contributed by atoms with Crippen LogP contribution >= 0.6 is 0 Å². The zero-order chi connectivity index (χ0) is 22.8. The minimum absolute atomic E-state index is 0.0155. The van der Waals surface area contributed by atoms with Crippen molar-refractivity contribution in [3.8, 4) is 0 Å². The first-order valence-electron chi connectivity index (χ1n) is 9.23. The third-order valence-electron chi connectivity index (χ3n) is 4.67. The lowest BCUT2D eigenvalue weighted by Gasteiger charge is -2.18. The number of carbonyl (C=O) groups is 2. The van der Waals surface area contributed by atoms with Crippen molar-refractivity contribution in [1.29, 1.82) is 0 Å². The number of halogens is 3. The zero-order valence-electron chi connectivity index (χ0n) is 16.4. The molecule has 7 nitrogen and oxygen atoms in total. The minimum atomic E-state index is -4.47. The first kappa shape index (κ1) is 22.6. The highest BCUT2D eigenvalue weighted by atomic mass is 32.2. The summed E-state index contributed by atoms with van der Waals surface area (Å²) >= 11 is 0. The molecule has 1 heterocycles. The van der Waals surface area contributed by atoms with Crippen LogP contribution < -0.4 is 10.0 Å². The van der Waals surface area contributed by atoms with Crippen molar-refractivity contribution >= 4 is 33.2 Å². The summed E-state index contributed by atoms with van der Waals surface area (Å²) in [5, 5.41) is 2.66. The summed E-state index contributed by atoms with van der Waals surface area (Å²) in [6, 6.07) is 10.7. The van der Waals surface area contributed by atoms with Gasteiger partial charge in [0, 0.05) is 30.9 Å². The van der Waals surface area contributed by atoms with Gasteiger partial charge in [0.2, 0.25) is 21.8 Å². The predicted molar refractivity (Wildman–Crippen MR) is 109 cm³/mol. The molecule has 2 amide bonds. The lowest BCUT2D eigenvalue weighted by atomic mass is 10.1. The molecule has 0 aliphatic carbocycles. The first-order chi connectivity index (χ1) is 14.4. The Morgan fingerprint density at radius 3 is 2.39 bits per heavy atom. The molecule has 1 saturated heterocycles. The number of amides is 2. The molecule has 2 N–H and O–H groups in total. The number of carbonyl (C=O) groups excluding carboxylic acids is 2. The molecule has 1 fully saturated rings. The van der Waals surface area contributed by atoms with Crippen LogP contribution in [-0.2, 0) is 32.3 Å². The molecule has 1 aliphatic heterocycles. The van der Waals surface area contributed by atoms with E-state index < -0.39 is 33.6 Å². The van der Waals surface area contributed by atoms with Crippen LogP contribution in [0.2, 0.25) is 0 Å². The van der Waals surface area contributed by atoms with Gasteiger partial charge >= 0.3 is 6.18 Å². The summed E-state index contributed by atoms with van der Waals surface area (Å²) in [5.74, 6) is -1.36. The summed E-state index contributed by atoms with van der Waals surface area (Å²) in [5.41, 5.74) is 0.301. The number of likely N-dealkylation sites (tertiary alicyclic amines) is 1. The Kier molecular flexibility index (Phi) is 6.25. The molecule has 2 aromatic rings. The van der Waals surface area contributed by atoms with Crippen LogP contribution in [0.4, 0.5) is 24.5 Å². The number of benzene rings is 2. The molecule has 0 radical (unpaired) electrons. The van der Waals surface area contributed by atoms with Gasteiger partial charge < -0.3 is 10.2 Å². The lowest BCUT2D eigenvalue weighted by Crippen LogP contribution is -2.28. The number of sulfonamides is 1. The molecule has 166 valence electrons. The number of rotatable bonds is 6. The van der Waals surface area contributed by atoms with E-state index in [2.05, 4.69) is 10.0 Å². The summed E-state index contributed by atoms with van der Waals surface area (Å²) in [6.07, 6.45) is -3.50. The Morgan fingerprint density at radius 1 is 1.13 bits per heavy atom. The van der Waals surface area contributed by atoms with Crippen molar-refractivity contribution in [1.82, 2.24) is 4.90 Å². The molecule has 0 spiro atoms. The normalized spacial score (nSPS) is 17.0. The van der Waals surface area contributed by atoms with Gasteiger partial charge in [-0.2, -0.15) is 13.2 Å². The van der Waals surface area contributed by atoms with Crippen LogP contribution in [0.15, 0.2) is 48.5 Å². The number of anilines is 2. The fourth-order valence-electron chi connectivity index (χ4n) is 3.25. The summed E-state index contributed by atoms with van der Waals surface area (Å²) < 4.78 is 63.4. The van der Waals surface area contributed by atoms with Crippen molar-refractivity contribution in [3.05, 3.63) is 59.7 Å². The fourth-order valence-corrected chi connectivity index (χ4v) is 3.81. The van der Waals surface area contributed by atoms with E-state index >= 15 is 0 Å². The molecule has 1 unspecified atom stereocenters. The highest BCUT2D eigenvalue weighted by molar-refractivity contribution is 7.92. The Balaban J connectivity index is 1.60. The SMILES string of the molecule is CS(=O)(=O)Nc1ccc(NC(=O)C2CC(=O)N(Cc3cccc(C(F)(F)F)c3)C2)cc1. The van der Waals surface area contributed by atoms with E-state index in [1.54, 1.807) is 0 Å². The van der Waals surface area contributed by atoms with Gasteiger partial charge in [0.25, 0.3) is 0 Å². The summed E-state index contributed by atoms with van der Waals surface area (Å²) in [4.78, 5) is 26.1. The van der Waals surface area contributed by atoms with E-state index in [4.69, 9.17) is 0 Å². The topological polar surface area (TPSA) is 95.6 Å². The minimum Gasteiger partial charge on any atom is -0.338 e.